The molecule has 0 atom stereocenters. The number of hydrogen-bond donors (Lipinski definition) is 1. The molecule has 6 nitrogen and oxygen atoms in total. The largest absolute Gasteiger partial charge is 0.416 e. The first-order chi connectivity index (χ1) is 16.0. The third-order valence-corrected chi connectivity index (χ3v) is 6.52. The van der Waals surface area contributed by atoms with E-state index < -0.39 is 34.2 Å². The van der Waals surface area contributed by atoms with Gasteiger partial charge in [-0.1, -0.05) is 36.4 Å². The molecule has 0 fully saturated rings. The molecule has 178 valence electrons. The first-order valence-electron chi connectivity index (χ1n) is 10.1. The maximum Gasteiger partial charge on any atom is 0.416 e. The van der Waals surface area contributed by atoms with Crippen molar-refractivity contribution in [3.8, 4) is 0 Å². The van der Waals surface area contributed by atoms with Gasteiger partial charge in [-0.15, -0.1) is 0 Å². The highest BCUT2D eigenvalue weighted by Crippen LogP contribution is 2.29. The molecule has 0 aromatic heterocycles. The number of carbonyl (C=O) groups is 1. The Labute approximate surface area is 195 Å². The fourth-order valence-electron chi connectivity index (χ4n) is 3.27. The Morgan fingerprint density at radius 2 is 1.62 bits per heavy atom. The first-order valence-corrected chi connectivity index (χ1v) is 11.6. The van der Waals surface area contributed by atoms with E-state index in [1.54, 1.807) is 30.3 Å². The number of nitrogens with one attached hydrogen (secondary N) is 1. The summed E-state index contributed by atoms with van der Waals surface area (Å²) in [7, 11) is -4.09. The lowest BCUT2D eigenvalue weighted by Gasteiger charge is -2.24. The van der Waals surface area contributed by atoms with Gasteiger partial charge in [0.25, 0.3) is 15.9 Å². The number of aryl methyl sites for hydroxylation is 2. The van der Waals surface area contributed by atoms with Gasteiger partial charge in [0.05, 0.1) is 22.4 Å². The minimum atomic E-state index is -4.51. The number of amides is 1. The van der Waals surface area contributed by atoms with Crippen molar-refractivity contribution in [3.63, 3.8) is 0 Å². The molecule has 0 saturated heterocycles. The number of hydrazone groups is 1. The van der Waals surface area contributed by atoms with Crippen LogP contribution >= 0.6 is 0 Å². The summed E-state index contributed by atoms with van der Waals surface area (Å²) in [5.41, 5.74) is 3.39. The number of nitrogens with zero attached hydrogens (tertiary/aromatic N) is 2. The molecule has 3 rings (SSSR count). The summed E-state index contributed by atoms with van der Waals surface area (Å²) in [5, 5.41) is 3.69. The summed E-state index contributed by atoms with van der Waals surface area (Å²) < 4.78 is 66.2. The molecule has 10 heteroatoms. The Morgan fingerprint density at radius 3 is 2.24 bits per heavy atom. The molecule has 3 aromatic carbocycles. The molecule has 0 unspecified atom stereocenters. The van der Waals surface area contributed by atoms with Gasteiger partial charge in [0.15, 0.2) is 0 Å². The molecule has 1 N–H and O–H groups in total. The minimum absolute atomic E-state index is 0.00873. The lowest BCUT2D eigenvalue weighted by molar-refractivity contribution is -0.137. The van der Waals surface area contributed by atoms with Crippen LogP contribution in [0.2, 0.25) is 0 Å². The van der Waals surface area contributed by atoms with Crippen molar-refractivity contribution >= 4 is 27.8 Å². The van der Waals surface area contributed by atoms with E-state index in [4.69, 9.17) is 0 Å². The van der Waals surface area contributed by atoms with Gasteiger partial charge >= 0.3 is 6.18 Å². The molecule has 0 aliphatic heterocycles. The lowest BCUT2D eigenvalue weighted by atomic mass is 10.1. The zero-order chi connectivity index (χ0) is 24.9. The number of halogens is 3. The van der Waals surface area contributed by atoms with Crippen LogP contribution in [0.3, 0.4) is 0 Å². The monoisotopic (exact) mass is 489 g/mol. The van der Waals surface area contributed by atoms with Crippen LogP contribution in [-0.4, -0.2) is 27.1 Å². The smallest absolute Gasteiger partial charge is 0.271 e. The number of carbonyl (C=O) groups excluding carboxylic acids is 1. The number of alkyl halides is 3. The molecule has 0 radical (unpaired) electrons. The lowest BCUT2D eigenvalue weighted by Crippen LogP contribution is -2.39. The summed E-state index contributed by atoms with van der Waals surface area (Å²) >= 11 is 0. The van der Waals surface area contributed by atoms with E-state index in [1.807, 2.05) is 19.9 Å². The van der Waals surface area contributed by atoms with Gasteiger partial charge in [-0.05, 0) is 66.9 Å². The van der Waals surface area contributed by atoms with Gasteiger partial charge in [0.1, 0.15) is 6.54 Å². The minimum Gasteiger partial charge on any atom is -0.271 e. The second kappa shape index (κ2) is 10.1. The van der Waals surface area contributed by atoms with E-state index in [-0.39, 0.29) is 10.5 Å². The second-order valence-electron chi connectivity index (χ2n) is 7.59. The molecule has 0 saturated carbocycles. The number of rotatable bonds is 7. The molecule has 0 bridgehead atoms. The van der Waals surface area contributed by atoms with Crippen LogP contribution in [0.4, 0.5) is 18.9 Å². The van der Waals surface area contributed by atoms with Gasteiger partial charge in [-0.25, -0.2) is 13.8 Å². The standard InChI is InChI=1S/C24H22F3N3O3S/c1-17-11-18(2)13-21(12-17)30(34(32,33)22-9-4-3-5-10-22)16-23(31)29-28-15-19-7-6-8-20(14-19)24(25,26)27/h3-15H,16H2,1-2H3,(H,29,31). The summed E-state index contributed by atoms with van der Waals surface area (Å²) in [6.07, 6.45) is -3.45. The Morgan fingerprint density at radius 1 is 0.971 bits per heavy atom. The van der Waals surface area contributed by atoms with Gasteiger partial charge < -0.3 is 0 Å². The maximum absolute atomic E-state index is 13.3. The SMILES string of the molecule is Cc1cc(C)cc(N(CC(=O)NN=Cc2cccc(C(F)(F)F)c2)S(=O)(=O)c2ccccc2)c1. The van der Waals surface area contributed by atoms with Gasteiger partial charge in [0.2, 0.25) is 0 Å². The summed E-state index contributed by atoms with van der Waals surface area (Å²) in [6.45, 7) is 3.03. The van der Waals surface area contributed by atoms with E-state index >= 15 is 0 Å². The van der Waals surface area contributed by atoms with Crippen LogP contribution in [0.25, 0.3) is 0 Å². The number of hydrogen-bond acceptors (Lipinski definition) is 4. The predicted octanol–water partition coefficient (Wildman–Crippen LogP) is 4.67. The first kappa shape index (κ1) is 25.0. The van der Waals surface area contributed by atoms with Crippen molar-refractivity contribution in [2.24, 2.45) is 5.10 Å². The van der Waals surface area contributed by atoms with Crippen molar-refractivity contribution in [1.29, 1.82) is 0 Å². The quantitative estimate of drug-likeness (QED) is 0.387. The summed E-state index contributed by atoms with van der Waals surface area (Å²) in [5.74, 6) is -0.762. The molecule has 3 aromatic rings. The average molecular weight is 490 g/mol. The van der Waals surface area contributed by atoms with Crippen molar-refractivity contribution in [1.82, 2.24) is 5.43 Å². The van der Waals surface area contributed by atoms with E-state index in [0.29, 0.717) is 5.69 Å². The third-order valence-electron chi connectivity index (χ3n) is 4.73. The van der Waals surface area contributed by atoms with Crippen molar-refractivity contribution in [3.05, 3.63) is 95.1 Å². The highest BCUT2D eigenvalue weighted by atomic mass is 32.2. The van der Waals surface area contributed by atoms with Crippen LogP contribution in [-0.2, 0) is 21.0 Å². The molecule has 0 spiro atoms. The molecular formula is C24H22F3N3O3S. The Kier molecular flexibility index (Phi) is 7.41. The molecule has 34 heavy (non-hydrogen) atoms. The zero-order valence-corrected chi connectivity index (χ0v) is 19.2. The molecule has 0 aliphatic rings. The van der Waals surface area contributed by atoms with E-state index in [2.05, 4.69) is 10.5 Å². The highest BCUT2D eigenvalue weighted by molar-refractivity contribution is 7.92. The van der Waals surface area contributed by atoms with Crippen molar-refractivity contribution in [2.45, 2.75) is 24.9 Å². The number of anilines is 1. The van der Waals surface area contributed by atoms with Crippen molar-refractivity contribution in [2.75, 3.05) is 10.8 Å². The maximum atomic E-state index is 13.3. The third kappa shape index (κ3) is 6.22. The molecule has 0 heterocycles. The summed E-state index contributed by atoms with van der Waals surface area (Å²) in [6, 6.07) is 17.3. The van der Waals surface area contributed by atoms with Crippen LogP contribution in [0, 0.1) is 13.8 Å². The topological polar surface area (TPSA) is 78.8 Å². The second-order valence-corrected chi connectivity index (χ2v) is 9.45. The molecule has 0 aliphatic carbocycles. The van der Waals surface area contributed by atoms with Gasteiger partial charge in [-0.2, -0.15) is 18.3 Å². The van der Waals surface area contributed by atoms with Gasteiger partial charge in [-0.3, -0.25) is 9.10 Å². The normalized spacial score (nSPS) is 12.0. The Hall–Kier alpha value is -3.66. The van der Waals surface area contributed by atoms with E-state index in [0.717, 1.165) is 33.8 Å². The zero-order valence-electron chi connectivity index (χ0n) is 18.4. The average Bonchev–Trinajstić information content (AvgIpc) is 2.77. The Bertz CT molecular complexity index is 1290. The fourth-order valence-corrected chi connectivity index (χ4v) is 4.69. The predicted molar refractivity (Wildman–Crippen MR) is 124 cm³/mol. The van der Waals surface area contributed by atoms with Crippen LogP contribution in [0.1, 0.15) is 22.3 Å². The van der Waals surface area contributed by atoms with Crippen LogP contribution in [0.5, 0.6) is 0 Å². The van der Waals surface area contributed by atoms with Crippen LogP contribution < -0.4 is 9.73 Å². The number of sulfonamides is 1. The van der Waals surface area contributed by atoms with Crippen LogP contribution in [0.15, 0.2) is 82.8 Å². The van der Waals surface area contributed by atoms with E-state index in [1.165, 1.54) is 24.3 Å². The highest BCUT2D eigenvalue weighted by Gasteiger charge is 2.30. The number of benzene rings is 3. The molecule has 1 amide bonds. The summed E-state index contributed by atoms with van der Waals surface area (Å²) in [4.78, 5) is 12.6. The van der Waals surface area contributed by atoms with Crippen molar-refractivity contribution < 1.29 is 26.4 Å². The molecular weight excluding hydrogens is 467 g/mol. The van der Waals surface area contributed by atoms with Gasteiger partial charge in [0, 0.05) is 0 Å². The fraction of sp³-hybridized carbons (Fsp3) is 0.167. The van der Waals surface area contributed by atoms with E-state index in [9.17, 15) is 26.4 Å². The Balaban J connectivity index is 1.84.